The average molecular weight is 559 g/mol. The maximum Gasteiger partial charge on any atom is 0.408 e. The van der Waals surface area contributed by atoms with Gasteiger partial charge in [-0.2, -0.15) is 0 Å². The lowest BCUT2D eigenvalue weighted by atomic mass is 10.0. The summed E-state index contributed by atoms with van der Waals surface area (Å²) in [5.74, 6) is -1.88. The molecule has 0 aliphatic carbocycles. The number of halogens is 1. The maximum atomic E-state index is 13.4. The number of amides is 3. The van der Waals surface area contributed by atoms with Gasteiger partial charge in [0.1, 0.15) is 36.5 Å². The van der Waals surface area contributed by atoms with Crippen molar-refractivity contribution in [2.24, 2.45) is 5.16 Å². The molecule has 2 aromatic carbocycles. The van der Waals surface area contributed by atoms with Crippen LogP contribution in [0.4, 0.5) is 4.79 Å². The fourth-order valence-corrected chi connectivity index (χ4v) is 3.96. The summed E-state index contributed by atoms with van der Waals surface area (Å²) >= 11 is 5.90. The van der Waals surface area contributed by atoms with Crippen molar-refractivity contribution in [2.45, 2.75) is 51.0 Å². The molecule has 2 aromatic rings. The third-order valence-corrected chi connectivity index (χ3v) is 5.87. The molecule has 1 aliphatic rings. The van der Waals surface area contributed by atoms with E-state index in [1.54, 1.807) is 6.92 Å². The average Bonchev–Trinajstić information content (AvgIpc) is 3.35. The SMILES string of the molecule is CCOC(=O)CNC(=O)[C@H](CC1CC(Cl)=NO1)NC(=O)[C@H](Cc1ccccc1)NC(=O)OCc1ccccc1. The van der Waals surface area contributed by atoms with Gasteiger partial charge in [-0.3, -0.25) is 14.4 Å². The first-order valence-corrected chi connectivity index (χ1v) is 12.8. The summed E-state index contributed by atoms with van der Waals surface area (Å²) < 4.78 is 10.1. The first-order valence-electron chi connectivity index (χ1n) is 12.5. The zero-order valence-electron chi connectivity index (χ0n) is 21.4. The molecule has 12 heteroatoms. The van der Waals surface area contributed by atoms with Gasteiger partial charge in [0.05, 0.1) is 6.61 Å². The molecule has 208 valence electrons. The Morgan fingerprint density at radius 3 is 2.23 bits per heavy atom. The summed E-state index contributed by atoms with van der Waals surface area (Å²) in [6, 6.07) is 16.0. The van der Waals surface area contributed by atoms with Gasteiger partial charge in [-0.1, -0.05) is 77.4 Å². The Morgan fingerprint density at radius 1 is 0.949 bits per heavy atom. The Kier molecular flexibility index (Phi) is 11.6. The molecule has 11 nitrogen and oxygen atoms in total. The third-order valence-electron chi connectivity index (χ3n) is 5.64. The van der Waals surface area contributed by atoms with E-state index in [0.29, 0.717) is 0 Å². The van der Waals surface area contributed by atoms with Crippen molar-refractivity contribution < 1.29 is 33.5 Å². The number of rotatable bonds is 13. The van der Waals surface area contributed by atoms with Crippen molar-refractivity contribution in [1.82, 2.24) is 16.0 Å². The van der Waals surface area contributed by atoms with E-state index in [4.69, 9.17) is 25.9 Å². The van der Waals surface area contributed by atoms with Crippen LogP contribution in [0.1, 0.15) is 30.9 Å². The van der Waals surface area contributed by atoms with Crippen LogP contribution < -0.4 is 16.0 Å². The molecule has 39 heavy (non-hydrogen) atoms. The normalized spacial score (nSPS) is 15.6. The first-order chi connectivity index (χ1) is 18.8. The second-order valence-corrected chi connectivity index (χ2v) is 9.10. The number of alkyl carbamates (subject to hydrolysis) is 1. The van der Waals surface area contributed by atoms with Crippen molar-refractivity contribution in [3.8, 4) is 0 Å². The highest BCUT2D eigenvalue weighted by atomic mass is 35.5. The first kappa shape index (κ1) is 29.4. The molecular weight excluding hydrogens is 528 g/mol. The lowest BCUT2D eigenvalue weighted by molar-refractivity contribution is -0.143. The van der Waals surface area contributed by atoms with E-state index in [-0.39, 0.29) is 44.2 Å². The van der Waals surface area contributed by atoms with Crippen molar-refractivity contribution in [3.05, 3.63) is 71.8 Å². The number of ether oxygens (including phenoxy) is 2. The number of benzene rings is 2. The largest absolute Gasteiger partial charge is 0.465 e. The van der Waals surface area contributed by atoms with E-state index < -0.39 is 42.1 Å². The van der Waals surface area contributed by atoms with E-state index in [1.165, 1.54) is 0 Å². The molecule has 3 atom stereocenters. The van der Waals surface area contributed by atoms with Gasteiger partial charge in [0, 0.05) is 19.3 Å². The molecule has 0 spiro atoms. The van der Waals surface area contributed by atoms with E-state index in [9.17, 15) is 19.2 Å². The van der Waals surface area contributed by atoms with Gasteiger partial charge in [0.15, 0.2) is 0 Å². The highest BCUT2D eigenvalue weighted by Crippen LogP contribution is 2.18. The molecule has 1 unspecified atom stereocenters. The van der Waals surface area contributed by atoms with E-state index in [2.05, 4.69) is 21.1 Å². The minimum atomic E-state index is -1.12. The molecule has 1 heterocycles. The van der Waals surface area contributed by atoms with E-state index in [1.807, 2.05) is 60.7 Å². The van der Waals surface area contributed by atoms with Crippen LogP contribution in [0, 0.1) is 0 Å². The highest BCUT2D eigenvalue weighted by Gasteiger charge is 2.32. The molecular formula is C27H31ClN4O7. The number of oxime groups is 1. The molecule has 3 rings (SSSR count). The smallest absolute Gasteiger partial charge is 0.408 e. The fraction of sp³-hybridized carbons (Fsp3) is 0.370. The number of hydrogen-bond donors (Lipinski definition) is 3. The highest BCUT2D eigenvalue weighted by molar-refractivity contribution is 6.65. The van der Waals surface area contributed by atoms with Crippen LogP contribution in [-0.2, 0) is 41.7 Å². The lowest BCUT2D eigenvalue weighted by Gasteiger charge is -2.24. The number of hydrogen-bond acceptors (Lipinski definition) is 8. The molecule has 3 amide bonds. The minimum Gasteiger partial charge on any atom is -0.465 e. The zero-order chi connectivity index (χ0) is 28.0. The Hall–Kier alpha value is -4.12. The molecule has 0 bridgehead atoms. The second-order valence-electron chi connectivity index (χ2n) is 8.67. The predicted molar refractivity (Wildman–Crippen MR) is 143 cm³/mol. The van der Waals surface area contributed by atoms with Gasteiger partial charge in [-0.25, -0.2) is 4.79 Å². The Bertz CT molecular complexity index is 1150. The van der Waals surface area contributed by atoms with Crippen LogP contribution in [0.5, 0.6) is 0 Å². The Balaban J connectivity index is 1.69. The predicted octanol–water partition coefficient (Wildman–Crippen LogP) is 2.42. The van der Waals surface area contributed by atoms with Gasteiger partial charge in [-0.05, 0) is 18.1 Å². The van der Waals surface area contributed by atoms with Gasteiger partial charge in [-0.15, -0.1) is 0 Å². The number of carbonyl (C=O) groups is 4. The van der Waals surface area contributed by atoms with Crippen LogP contribution in [0.3, 0.4) is 0 Å². The van der Waals surface area contributed by atoms with Crippen molar-refractivity contribution >= 4 is 40.6 Å². The van der Waals surface area contributed by atoms with Crippen LogP contribution in [0.15, 0.2) is 65.8 Å². The van der Waals surface area contributed by atoms with Crippen LogP contribution in [-0.4, -0.2) is 60.4 Å². The van der Waals surface area contributed by atoms with Crippen molar-refractivity contribution in [3.63, 3.8) is 0 Å². The molecule has 3 N–H and O–H groups in total. The van der Waals surface area contributed by atoms with Crippen LogP contribution >= 0.6 is 11.6 Å². The molecule has 0 radical (unpaired) electrons. The molecule has 0 fully saturated rings. The number of nitrogens with zero attached hydrogens (tertiary/aromatic N) is 1. The van der Waals surface area contributed by atoms with Gasteiger partial charge in [0.2, 0.25) is 11.8 Å². The van der Waals surface area contributed by atoms with E-state index >= 15 is 0 Å². The summed E-state index contributed by atoms with van der Waals surface area (Å²) in [6.07, 6.45) is -0.933. The zero-order valence-corrected chi connectivity index (χ0v) is 22.2. The standard InChI is InChI=1S/C27H31ClN4O7/c1-2-37-24(33)16-29-25(34)22(14-20-15-23(28)32-39-20)30-26(35)21(13-18-9-5-3-6-10-18)31-27(36)38-17-19-11-7-4-8-12-19/h3-12,20-22H,2,13-17H2,1H3,(H,29,34)(H,30,35)(H,31,36)/t20?,21-,22-/m0/s1. The molecule has 0 saturated carbocycles. The van der Waals surface area contributed by atoms with Crippen molar-refractivity contribution in [2.75, 3.05) is 13.2 Å². The van der Waals surface area contributed by atoms with Crippen LogP contribution in [0.25, 0.3) is 0 Å². The monoisotopic (exact) mass is 558 g/mol. The summed E-state index contributed by atoms with van der Waals surface area (Å²) in [7, 11) is 0. The third kappa shape index (κ3) is 10.3. The molecule has 0 aromatic heterocycles. The van der Waals surface area contributed by atoms with Gasteiger partial charge < -0.3 is 30.3 Å². The fourth-order valence-electron chi connectivity index (χ4n) is 3.75. The van der Waals surface area contributed by atoms with E-state index in [0.717, 1.165) is 11.1 Å². The van der Waals surface area contributed by atoms with Gasteiger partial charge in [0.25, 0.3) is 0 Å². The quantitative estimate of drug-likeness (QED) is 0.320. The summed E-state index contributed by atoms with van der Waals surface area (Å²) in [6.45, 7) is 1.45. The number of esters is 1. The molecule has 0 saturated heterocycles. The Morgan fingerprint density at radius 2 is 1.62 bits per heavy atom. The number of carbonyl (C=O) groups excluding carboxylic acids is 4. The Labute approximate surface area is 231 Å². The van der Waals surface area contributed by atoms with Gasteiger partial charge >= 0.3 is 12.1 Å². The summed E-state index contributed by atoms with van der Waals surface area (Å²) in [4.78, 5) is 55.9. The second kappa shape index (κ2) is 15.3. The summed E-state index contributed by atoms with van der Waals surface area (Å²) in [5.41, 5.74) is 1.57. The topological polar surface area (TPSA) is 144 Å². The number of nitrogens with one attached hydrogen (secondary N) is 3. The van der Waals surface area contributed by atoms with Crippen LogP contribution in [0.2, 0.25) is 0 Å². The molecule has 1 aliphatic heterocycles. The lowest BCUT2D eigenvalue weighted by Crippen LogP contribution is -2.55. The van der Waals surface area contributed by atoms with Crippen molar-refractivity contribution in [1.29, 1.82) is 0 Å². The summed E-state index contributed by atoms with van der Waals surface area (Å²) in [5, 5.41) is 11.6. The minimum absolute atomic E-state index is 0.0189. The maximum absolute atomic E-state index is 13.4.